The van der Waals surface area contributed by atoms with Gasteiger partial charge in [0.25, 0.3) is 0 Å². The lowest BCUT2D eigenvalue weighted by Crippen LogP contribution is -2.36. The first kappa shape index (κ1) is 21.7. The van der Waals surface area contributed by atoms with Gasteiger partial charge in [-0.25, -0.2) is 15.0 Å². The molecule has 1 fully saturated rings. The summed E-state index contributed by atoms with van der Waals surface area (Å²) in [6.07, 6.45) is 7.36. The molecule has 8 nitrogen and oxygen atoms in total. The Kier molecular flexibility index (Phi) is 6.55. The lowest BCUT2D eigenvalue weighted by molar-refractivity contribution is -0.116. The monoisotopic (exact) mass is 425 g/mol. The van der Waals surface area contributed by atoms with Gasteiger partial charge in [0.2, 0.25) is 5.91 Å². The summed E-state index contributed by atoms with van der Waals surface area (Å²) in [6.45, 7) is 12.4. The number of nitrogens with zero attached hydrogens (tertiary/aromatic N) is 5. The van der Waals surface area contributed by atoms with Crippen LogP contribution in [0.15, 0.2) is 12.5 Å². The van der Waals surface area contributed by atoms with E-state index in [0.717, 1.165) is 56.8 Å². The van der Waals surface area contributed by atoms with E-state index in [4.69, 9.17) is 4.98 Å². The van der Waals surface area contributed by atoms with Gasteiger partial charge in [-0.05, 0) is 25.2 Å². The van der Waals surface area contributed by atoms with Crippen LogP contribution in [0.3, 0.4) is 0 Å². The molecule has 0 aromatic carbocycles. The van der Waals surface area contributed by atoms with Crippen LogP contribution >= 0.6 is 0 Å². The number of imidazole rings is 1. The molecule has 2 aliphatic rings. The number of nitrogens with one attached hydrogen (secondary N) is 2. The zero-order valence-electron chi connectivity index (χ0n) is 19.2. The van der Waals surface area contributed by atoms with E-state index in [9.17, 15) is 4.79 Å². The number of anilines is 2. The van der Waals surface area contributed by atoms with Gasteiger partial charge in [-0.3, -0.25) is 4.79 Å². The predicted octanol–water partition coefficient (Wildman–Crippen LogP) is 3.06. The maximum Gasteiger partial charge on any atom is 0.226 e. The van der Waals surface area contributed by atoms with Gasteiger partial charge in [-0.15, -0.1) is 0 Å². The van der Waals surface area contributed by atoms with Gasteiger partial charge in [0.15, 0.2) is 0 Å². The van der Waals surface area contributed by atoms with Crippen molar-refractivity contribution < 1.29 is 4.79 Å². The second-order valence-corrected chi connectivity index (χ2v) is 9.12. The molecule has 0 radical (unpaired) electrons. The van der Waals surface area contributed by atoms with Gasteiger partial charge >= 0.3 is 0 Å². The maximum absolute atomic E-state index is 11.9. The molecule has 0 bridgehead atoms. The molecule has 0 saturated carbocycles. The van der Waals surface area contributed by atoms with E-state index >= 15 is 0 Å². The van der Waals surface area contributed by atoms with E-state index < -0.39 is 0 Å². The van der Waals surface area contributed by atoms with Crippen molar-refractivity contribution in [3.8, 4) is 0 Å². The molecular weight excluding hydrogens is 390 g/mol. The van der Waals surface area contributed by atoms with Gasteiger partial charge in [-0.2, -0.15) is 0 Å². The first-order valence-electron chi connectivity index (χ1n) is 11.6. The highest BCUT2D eigenvalue weighted by atomic mass is 16.1. The molecule has 0 aliphatic carbocycles. The second-order valence-electron chi connectivity index (χ2n) is 9.12. The lowest BCUT2D eigenvalue weighted by atomic mass is 9.92. The smallest absolute Gasteiger partial charge is 0.226 e. The third-order valence-electron chi connectivity index (χ3n) is 6.39. The molecule has 1 amide bonds. The van der Waals surface area contributed by atoms with Gasteiger partial charge < -0.3 is 20.1 Å². The molecule has 2 N–H and O–H groups in total. The van der Waals surface area contributed by atoms with Crippen LogP contribution in [0.2, 0.25) is 0 Å². The van der Waals surface area contributed by atoms with E-state index in [1.54, 1.807) is 6.33 Å². The topological polar surface area (TPSA) is 88.0 Å². The number of hydrogen-bond acceptors (Lipinski definition) is 6. The Labute approximate surface area is 184 Å². The average molecular weight is 426 g/mol. The lowest BCUT2D eigenvalue weighted by Gasteiger charge is -2.35. The summed E-state index contributed by atoms with van der Waals surface area (Å²) in [5.41, 5.74) is 2.26. The van der Waals surface area contributed by atoms with Gasteiger partial charge in [0.05, 0.1) is 5.69 Å². The SMILES string of the molecule is CCc1cn(CCNC(C)C)c(C2CCN(c3ncnc4c3[C@H](C)CC(=O)N4)CC2)n1. The molecule has 0 spiro atoms. The summed E-state index contributed by atoms with van der Waals surface area (Å²) in [5, 5.41) is 6.43. The normalized spacial score (nSPS) is 19.6. The van der Waals surface area contributed by atoms with Crippen molar-refractivity contribution in [3.05, 3.63) is 29.6 Å². The van der Waals surface area contributed by atoms with Crippen molar-refractivity contribution in [2.75, 3.05) is 29.9 Å². The summed E-state index contributed by atoms with van der Waals surface area (Å²) in [5.74, 6) is 3.52. The van der Waals surface area contributed by atoms with Crippen molar-refractivity contribution in [3.63, 3.8) is 0 Å². The fourth-order valence-electron chi connectivity index (χ4n) is 4.74. The highest BCUT2D eigenvalue weighted by Crippen LogP contribution is 2.38. The molecule has 1 atom stereocenters. The van der Waals surface area contributed by atoms with Crippen molar-refractivity contribution >= 4 is 17.5 Å². The fraction of sp³-hybridized carbons (Fsp3) is 0.652. The number of carbonyl (C=O) groups is 1. The van der Waals surface area contributed by atoms with Gasteiger partial charge in [-0.1, -0.05) is 27.7 Å². The van der Waals surface area contributed by atoms with Crippen LogP contribution < -0.4 is 15.5 Å². The molecule has 8 heteroatoms. The molecule has 1 saturated heterocycles. The standard InChI is InChI=1S/C23H35N7O/c1-5-18-13-30(11-8-24-15(2)3)22(27-18)17-6-9-29(10-7-17)23-20-16(4)12-19(31)28-21(20)25-14-26-23/h13-17,24H,5-12H2,1-4H3,(H,25,26,28,31)/t16-/m1/s1. The summed E-state index contributed by atoms with van der Waals surface area (Å²) in [4.78, 5) is 28.2. The summed E-state index contributed by atoms with van der Waals surface area (Å²) in [7, 11) is 0. The third-order valence-corrected chi connectivity index (χ3v) is 6.39. The largest absolute Gasteiger partial charge is 0.356 e. The second kappa shape index (κ2) is 9.34. The predicted molar refractivity (Wildman–Crippen MR) is 123 cm³/mol. The Balaban J connectivity index is 1.47. The Morgan fingerprint density at radius 3 is 2.74 bits per heavy atom. The van der Waals surface area contributed by atoms with Gasteiger partial charge in [0, 0.05) is 56.3 Å². The van der Waals surface area contributed by atoms with E-state index in [2.05, 4.69) is 64.0 Å². The highest BCUT2D eigenvalue weighted by molar-refractivity contribution is 5.94. The van der Waals surface area contributed by atoms with E-state index in [1.165, 1.54) is 11.5 Å². The van der Waals surface area contributed by atoms with Crippen LogP contribution in [-0.4, -0.2) is 51.1 Å². The molecule has 168 valence electrons. The van der Waals surface area contributed by atoms with Crippen molar-refractivity contribution in [2.24, 2.45) is 0 Å². The number of fused-ring (bicyclic) bond motifs is 1. The Bertz CT molecular complexity index is 915. The van der Waals surface area contributed by atoms with Crippen LogP contribution in [0, 0.1) is 0 Å². The number of amides is 1. The zero-order chi connectivity index (χ0) is 22.0. The summed E-state index contributed by atoms with van der Waals surface area (Å²) >= 11 is 0. The zero-order valence-corrected chi connectivity index (χ0v) is 19.2. The van der Waals surface area contributed by atoms with Crippen LogP contribution in [0.25, 0.3) is 0 Å². The van der Waals surface area contributed by atoms with Crippen molar-refractivity contribution in [1.29, 1.82) is 0 Å². The van der Waals surface area contributed by atoms with E-state index in [-0.39, 0.29) is 11.8 Å². The molecule has 0 unspecified atom stereocenters. The molecular formula is C23H35N7O. The molecule has 2 aromatic rings. The number of hydrogen-bond donors (Lipinski definition) is 2. The quantitative estimate of drug-likeness (QED) is 0.709. The Hall–Kier alpha value is -2.48. The summed E-state index contributed by atoms with van der Waals surface area (Å²) < 4.78 is 2.36. The van der Waals surface area contributed by atoms with Crippen LogP contribution in [0.1, 0.15) is 75.9 Å². The average Bonchev–Trinajstić information content (AvgIpc) is 3.16. The minimum Gasteiger partial charge on any atom is -0.356 e. The Morgan fingerprint density at radius 1 is 1.26 bits per heavy atom. The van der Waals surface area contributed by atoms with Crippen LogP contribution in [0.5, 0.6) is 0 Å². The minimum absolute atomic E-state index is 0.0360. The first-order chi connectivity index (χ1) is 15.0. The number of aromatic nitrogens is 4. The van der Waals surface area contributed by atoms with Crippen LogP contribution in [0.4, 0.5) is 11.6 Å². The number of piperidine rings is 1. The molecule has 31 heavy (non-hydrogen) atoms. The van der Waals surface area contributed by atoms with E-state index in [1.807, 2.05) is 0 Å². The molecule has 4 rings (SSSR count). The number of rotatable bonds is 7. The minimum atomic E-state index is 0.0360. The van der Waals surface area contributed by atoms with Crippen molar-refractivity contribution in [1.82, 2.24) is 24.8 Å². The molecule has 2 aliphatic heterocycles. The summed E-state index contributed by atoms with van der Waals surface area (Å²) in [6, 6.07) is 0.492. The fourth-order valence-corrected chi connectivity index (χ4v) is 4.74. The number of aryl methyl sites for hydroxylation is 1. The van der Waals surface area contributed by atoms with Crippen molar-refractivity contribution in [2.45, 2.75) is 77.8 Å². The first-order valence-corrected chi connectivity index (χ1v) is 11.6. The van der Waals surface area contributed by atoms with Gasteiger partial charge in [0.1, 0.15) is 23.8 Å². The number of carbonyl (C=O) groups excluding carboxylic acids is 1. The Morgan fingerprint density at radius 2 is 2.03 bits per heavy atom. The third kappa shape index (κ3) is 4.74. The highest BCUT2D eigenvalue weighted by Gasteiger charge is 2.31. The van der Waals surface area contributed by atoms with E-state index in [0.29, 0.717) is 24.2 Å². The van der Waals surface area contributed by atoms with Crippen LogP contribution in [-0.2, 0) is 17.8 Å². The molecule has 4 heterocycles. The molecule has 2 aromatic heterocycles. The maximum atomic E-state index is 11.9.